The second-order valence-corrected chi connectivity index (χ2v) is 5.16. The molecule has 1 aromatic carbocycles. The van der Waals surface area contributed by atoms with Crippen LogP contribution in [-0.2, 0) is 7.05 Å². The molecule has 0 bridgehead atoms. The molecule has 2 heterocycles. The van der Waals surface area contributed by atoms with Crippen LogP contribution in [0.15, 0.2) is 59.5 Å². The van der Waals surface area contributed by atoms with Crippen molar-refractivity contribution in [3.63, 3.8) is 0 Å². The number of para-hydroxylation sites is 1. The fraction of sp³-hybridized carbons (Fsp3) is 0.0588. The molecule has 0 aliphatic heterocycles. The second-order valence-electron chi connectivity index (χ2n) is 5.16. The average molecular weight is 322 g/mol. The Labute approximate surface area is 136 Å². The number of amides is 2. The van der Waals surface area contributed by atoms with E-state index in [0.717, 1.165) is 5.39 Å². The van der Waals surface area contributed by atoms with Crippen molar-refractivity contribution < 1.29 is 9.59 Å². The molecule has 0 radical (unpaired) electrons. The van der Waals surface area contributed by atoms with Gasteiger partial charge in [0, 0.05) is 30.3 Å². The Morgan fingerprint density at radius 3 is 2.54 bits per heavy atom. The molecule has 0 spiro atoms. The fourth-order valence-corrected chi connectivity index (χ4v) is 2.13. The molecular formula is C17H14N4O3. The van der Waals surface area contributed by atoms with Gasteiger partial charge in [-0.25, -0.2) is 4.98 Å². The Kier molecular flexibility index (Phi) is 4.07. The zero-order valence-electron chi connectivity index (χ0n) is 12.8. The van der Waals surface area contributed by atoms with Crippen LogP contribution in [0.5, 0.6) is 0 Å². The van der Waals surface area contributed by atoms with Gasteiger partial charge in [0.1, 0.15) is 5.69 Å². The maximum Gasteiger partial charge on any atom is 0.288 e. The number of hydrazine groups is 1. The average Bonchev–Trinajstić information content (AvgIpc) is 2.61. The van der Waals surface area contributed by atoms with E-state index in [0.29, 0.717) is 5.52 Å². The molecule has 0 aliphatic carbocycles. The molecule has 24 heavy (non-hydrogen) atoms. The Balaban J connectivity index is 1.70. The van der Waals surface area contributed by atoms with E-state index in [-0.39, 0.29) is 16.8 Å². The third kappa shape index (κ3) is 3.14. The first-order valence-corrected chi connectivity index (χ1v) is 7.18. The molecule has 0 aliphatic rings. The summed E-state index contributed by atoms with van der Waals surface area (Å²) in [7, 11) is 1.58. The summed E-state index contributed by atoms with van der Waals surface area (Å²) in [6.07, 6.45) is 1.48. The number of carbonyl (C=O) groups excluding carboxylic acids is 2. The molecule has 0 fully saturated rings. The van der Waals surface area contributed by atoms with Crippen LogP contribution in [0.25, 0.3) is 10.9 Å². The minimum Gasteiger partial charge on any atom is -0.319 e. The number of carbonyl (C=O) groups is 2. The minimum atomic E-state index is -0.582. The molecule has 2 aromatic heterocycles. The number of rotatable bonds is 2. The molecule has 2 amide bonds. The number of pyridine rings is 2. The highest BCUT2D eigenvalue weighted by atomic mass is 16.2. The van der Waals surface area contributed by atoms with E-state index < -0.39 is 11.8 Å². The van der Waals surface area contributed by atoms with Gasteiger partial charge < -0.3 is 4.57 Å². The summed E-state index contributed by atoms with van der Waals surface area (Å²) in [6, 6.07) is 13.4. The van der Waals surface area contributed by atoms with Crippen LogP contribution in [0, 0.1) is 0 Å². The summed E-state index contributed by atoms with van der Waals surface area (Å²) in [5.74, 6) is -1.13. The largest absolute Gasteiger partial charge is 0.319 e. The molecule has 0 saturated carbocycles. The summed E-state index contributed by atoms with van der Waals surface area (Å²) in [5, 5.41) is 0.915. The van der Waals surface area contributed by atoms with Crippen molar-refractivity contribution in [2.45, 2.75) is 0 Å². The molecule has 0 atom stereocenters. The van der Waals surface area contributed by atoms with Crippen molar-refractivity contribution >= 4 is 22.7 Å². The fourth-order valence-electron chi connectivity index (χ4n) is 2.13. The quantitative estimate of drug-likeness (QED) is 0.689. The Morgan fingerprint density at radius 2 is 1.75 bits per heavy atom. The smallest absolute Gasteiger partial charge is 0.288 e. The lowest BCUT2D eigenvalue weighted by molar-refractivity contribution is 0.0844. The van der Waals surface area contributed by atoms with E-state index in [9.17, 15) is 14.4 Å². The van der Waals surface area contributed by atoms with Crippen LogP contribution in [0.4, 0.5) is 0 Å². The number of aromatic nitrogens is 2. The molecular weight excluding hydrogens is 308 g/mol. The summed E-state index contributed by atoms with van der Waals surface area (Å²) >= 11 is 0. The number of nitrogens with one attached hydrogen (secondary N) is 2. The lowest BCUT2D eigenvalue weighted by atomic mass is 10.2. The van der Waals surface area contributed by atoms with Crippen molar-refractivity contribution in [2.24, 2.45) is 7.05 Å². The Hall–Kier alpha value is -3.48. The lowest BCUT2D eigenvalue weighted by Crippen LogP contribution is -2.42. The van der Waals surface area contributed by atoms with Crippen LogP contribution in [0.2, 0.25) is 0 Å². The molecule has 3 rings (SSSR count). The Bertz CT molecular complexity index is 994. The van der Waals surface area contributed by atoms with Gasteiger partial charge in [0.25, 0.3) is 17.4 Å². The monoisotopic (exact) mass is 322 g/mol. The van der Waals surface area contributed by atoms with Gasteiger partial charge in [0.2, 0.25) is 0 Å². The molecule has 120 valence electrons. The summed E-state index contributed by atoms with van der Waals surface area (Å²) in [4.78, 5) is 39.8. The normalized spacial score (nSPS) is 10.4. The number of benzene rings is 1. The second kappa shape index (κ2) is 6.33. The number of aryl methyl sites for hydroxylation is 1. The first-order chi connectivity index (χ1) is 11.5. The van der Waals surface area contributed by atoms with Gasteiger partial charge in [-0.15, -0.1) is 0 Å². The first-order valence-electron chi connectivity index (χ1n) is 7.18. The van der Waals surface area contributed by atoms with Crippen molar-refractivity contribution in [1.82, 2.24) is 20.4 Å². The molecule has 7 heteroatoms. The van der Waals surface area contributed by atoms with Crippen molar-refractivity contribution in [1.29, 1.82) is 0 Å². The Morgan fingerprint density at radius 1 is 1.00 bits per heavy atom. The van der Waals surface area contributed by atoms with E-state index in [4.69, 9.17) is 0 Å². The SMILES string of the molecule is Cn1ccc(C(=O)NNC(=O)c2ccc3ccccc3n2)cc1=O. The van der Waals surface area contributed by atoms with Gasteiger partial charge in [0.05, 0.1) is 5.52 Å². The highest BCUT2D eigenvalue weighted by Crippen LogP contribution is 2.11. The molecule has 0 saturated heterocycles. The predicted molar refractivity (Wildman–Crippen MR) is 88.4 cm³/mol. The van der Waals surface area contributed by atoms with E-state index >= 15 is 0 Å². The highest BCUT2D eigenvalue weighted by molar-refractivity contribution is 5.99. The van der Waals surface area contributed by atoms with Crippen molar-refractivity contribution in [2.75, 3.05) is 0 Å². The van der Waals surface area contributed by atoms with Crippen LogP contribution in [0.1, 0.15) is 20.8 Å². The third-order valence-corrected chi connectivity index (χ3v) is 3.49. The third-order valence-electron chi connectivity index (χ3n) is 3.49. The van der Waals surface area contributed by atoms with Crippen molar-refractivity contribution in [3.05, 3.63) is 76.3 Å². The predicted octanol–water partition coefficient (Wildman–Crippen LogP) is 1.01. The topological polar surface area (TPSA) is 93.1 Å². The van der Waals surface area contributed by atoms with Gasteiger partial charge >= 0.3 is 0 Å². The van der Waals surface area contributed by atoms with Crippen LogP contribution in [0.3, 0.4) is 0 Å². The summed E-state index contributed by atoms with van der Waals surface area (Å²) < 4.78 is 1.34. The van der Waals surface area contributed by atoms with Crippen molar-refractivity contribution in [3.8, 4) is 0 Å². The zero-order chi connectivity index (χ0) is 17.1. The summed E-state index contributed by atoms with van der Waals surface area (Å²) in [6.45, 7) is 0. The van der Waals surface area contributed by atoms with E-state index in [2.05, 4.69) is 15.8 Å². The number of nitrogens with zero attached hydrogens (tertiary/aromatic N) is 2. The van der Waals surface area contributed by atoms with E-state index in [1.165, 1.54) is 22.9 Å². The molecule has 3 aromatic rings. The van der Waals surface area contributed by atoms with Crippen LogP contribution in [-0.4, -0.2) is 21.4 Å². The van der Waals surface area contributed by atoms with E-state index in [1.54, 1.807) is 25.2 Å². The van der Waals surface area contributed by atoms with Gasteiger partial charge in [-0.2, -0.15) is 0 Å². The van der Waals surface area contributed by atoms with Crippen LogP contribution < -0.4 is 16.4 Å². The van der Waals surface area contributed by atoms with Gasteiger partial charge in [0.15, 0.2) is 0 Å². The maximum absolute atomic E-state index is 12.1. The molecule has 0 unspecified atom stereocenters. The first kappa shape index (κ1) is 15.4. The standard InChI is InChI=1S/C17H14N4O3/c1-21-9-8-12(10-15(21)22)16(23)19-20-17(24)14-7-6-11-4-2-3-5-13(11)18-14/h2-10H,1H3,(H,19,23)(H,20,24). The number of fused-ring (bicyclic) bond motifs is 1. The summed E-state index contributed by atoms with van der Waals surface area (Å²) in [5.41, 5.74) is 5.26. The van der Waals surface area contributed by atoms with Gasteiger partial charge in [-0.05, 0) is 18.2 Å². The number of hydrogen-bond donors (Lipinski definition) is 2. The molecule has 2 N–H and O–H groups in total. The van der Waals surface area contributed by atoms with Crippen LogP contribution >= 0.6 is 0 Å². The van der Waals surface area contributed by atoms with Gasteiger partial charge in [-0.1, -0.05) is 24.3 Å². The molecule has 7 nitrogen and oxygen atoms in total. The van der Waals surface area contributed by atoms with Gasteiger partial charge in [-0.3, -0.25) is 25.2 Å². The number of hydrogen-bond acceptors (Lipinski definition) is 4. The lowest BCUT2D eigenvalue weighted by Gasteiger charge is -2.08. The minimum absolute atomic E-state index is 0.157. The van der Waals surface area contributed by atoms with E-state index in [1.807, 2.05) is 18.2 Å². The maximum atomic E-state index is 12.1. The highest BCUT2D eigenvalue weighted by Gasteiger charge is 2.11. The zero-order valence-corrected chi connectivity index (χ0v) is 12.8.